The van der Waals surface area contributed by atoms with Gasteiger partial charge < -0.3 is 9.26 Å². The van der Waals surface area contributed by atoms with E-state index in [0.29, 0.717) is 0 Å². The number of para-hydroxylation sites is 1. The third-order valence-corrected chi connectivity index (χ3v) is 2.51. The van der Waals surface area contributed by atoms with Gasteiger partial charge in [-0.3, -0.25) is 0 Å². The normalized spacial score (nSPS) is 12.5. The van der Waals surface area contributed by atoms with Crippen LogP contribution in [-0.4, -0.2) is 6.04 Å². The van der Waals surface area contributed by atoms with E-state index in [4.69, 9.17) is 11.0 Å². The second kappa shape index (κ2) is 4.18. The first-order valence-electron chi connectivity index (χ1n) is 5.13. The molecule has 2 heteroatoms. The summed E-state index contributed by atoms with van der Waals surface area (Å²) in [6, 6.07) is 10.1. The molecule has 0 aliphatic rings. The molecule has 0 bridgehead atoms. The van der Waals surface area contributed by atoms with Crippen molar-refractivity contribution in [1.82, 2.24) is 0 Å². The van der Waals surface area contributed by atoms with Crippen molar-refractivity contribution in [2.45, 2.75) is 25.8 Å². The van der Waals surface area contributed by atoms with Gasteiger partial charge in [-0.1, -0.05) is 18.2 Å². The van der Waals surface area contributed by atoms with Gasteiger partial charge in [-0.15, -0.1) is 0 Å². The van der Waals surface area contributed by atoms with E-state index in [0.717, 1.165) is 29.6 Å². The number of fused-ring (bicyclic) bond motifs is 1. The summed E-state index contributed by atoms with van der Waals surface area (Å²) in [7, 11) is 0. The minimum absolute atomic E-state index is 0.0817. The maximum atomic E-state index is 6.88. The van der Waals surface area contributed by atoms with Crippen molar-refractivity contribution < 1.29 is 4.42 Å². The molecule has 0 radical (unpaired) electrons. The maximum Gasteiger partial charge on any atom is 0.221 e. The molecular formula is C13H13NO. The molecule has 1 aromatic heterocycles. The molecule has 0 spiro atoms. The summed E-state index contributed by atoms with van der Waals surface area (Å²) in [5.74, 6) is 0.978. The Morgan fingerprint density at radius 2 is 2.20 bits per heavy atom. The Bertz CT molecular complexity index is 459. The third-order valence-electron chi connectivity index (χ3n) is 2.51. The van der Waals surface area contributed by atoms with E-state index in [1.165, 1.54) is 0 Å². The topological polar surface area (TPSA) is 17.5 Å². The minimum atomic E-state index is 0.0817. The zero-order chi connectivity index (χ0) is 10.7. The molecular weight excluding hydrogens is 186 g/mol. The van der Waals surface area contributed by atoms with Crippen LogP contribution in [0, 0.1) is 6.57 Å². The Balaban J connectivity index is 2.13. The molecule has 0 N–H and O–H groups in total. The first kappa shape index (κ1) is 9.79. The van der Waals surface area contributed by atoms with Crippen molar-refractivity contribution >= 4 is 11.0 Å². The summed E-state index contributed by atoms with van der Waals surface area (Å²) in [6.07, 6.45) is 1.71. The summed E-state index contributed by atoms with van der Waals surface area (Å²) < 4.78 is 5.66. The standard InChI is InChI=1S/C13H13NO/c1-10(14-2)7-8-12-9-11-5-3-4-6-13(11)15-12/h3-6,9-10H,7-8H2,1H3. The Morgan fingerprint density at radius 3 is 2.93 bits per heavy atom. The Kier molecular flexibility index (Phi) is 2.73. The molecule has 15 heavy (non-hydrogen) atoms. The highest BCUT2D eigenvalue weighted by Crippen LogP contribution is 2.20. The molecule has 2 aromatic rings. The van der Waals surface area contributed by atoms with E-state index in [-0.39, 0.29) is 6.04 Å². The fraction of sp³-hybridized carbons (Fsp3) is 0.308. The van der Waals surface area contributed by atoms with Gasteiger partial charge >= 0.3 is 0 Å². The molecule has 1 unspecified atom stereocenters. The fourth-order valence-electron chi connectivity index (χ4n) is 1.58. The van der Waals surface area contributed by atoms with Crippen LogP contribution in [0.5, 0.6) is 0 Å². The zero-order valence-corrected chi connectivity index (χ0v) is 8.73. The van der Waals surface area contributed by atoms with Gasteiger partial charge in [0.15, 0.2) is 0 Å². The smallest absolute Gasteiger partial charge is 0.221 e. The van der Waals surface area contributed by atoms with Gasteiger partial charge in [0.2, 0.25) is 6.04 Å². The van der Waals surface area contributed by atoms with E-state index in [1.54, 1.807) is 0 Å². The molecule has 0 saturated carbocycles. The maximum absolute atomic E-state index is 6.88. The van der Waals surface area contributed by atoms with Gasteiger partial charge in [-0.25, -0.2) is 6.57 Å². The van der Waals surface area contributed by atoms with Crippen LogP contribution in [0.2, 0.25) is 0 Å². The van der Waals surface area contributed by atoms with Crippen LogP contribution in [0.15, 0.2) is 34.7 Å². The molecule has 0 amide bonds. The fourth-order valence-corrected chi connectivity index (χ4v) is 1.58. The highest BCUT2D eigenvalue weighted by molar-refractivity contribution is 5.77. The summed E-state index contributed by atoms with van der Waals surface area (Å²) >= 11 is 0. The predicted molar refractivity (Wildman–Crippen MR) is 60.6 cm³/mol. The zero-order valence-electron chi connectivity index (χ0n) is 8.73. The lowest BCUT2D eigenvalue weighted by molar-refractivity contribution is 0.532. The quantitative estimate of drug-likeness (QED) is 0.689. The largest absolute Gasteiger partial charge is 0.461 e. The van der Waals surface area contributed by atoms with Gasteiger partial charge in [0, 0.05) is 25.2 Å². The molecule has 1 aromatic carbocycles. The van der Waals surface area contributed by atoms with Crippen molar-refractivity contribution in [3.05, 3.63) is 47.5 Å². The lowest BCUT2D eigenvalue weighted by Gasteiger charge is -1.95. The van der Waals surface area contributed by atoms with Crippen LogP contribution in [0.4, 0.5) is 0 Å². The van der Waals surface area contributed by atoms with Gasteiger partial charge in [-0.05, 0) is 12.1 Å². The molecule has 2 nitrogen and oxygen atoms in total. The SMILES string of the molecule is [C-]#[N+]C(C)CCc1cc2ccccc2o1. The molecule has 0 saturated heterocycles. The summed E-state index contributed by atoms with van der Waals surface area (Å²) in [4.78, 5) is 3.47. The minimum Gasteiger partial charge on any atom is -0.461 e. The number of aryl methyl sites for hydroxylation is 1. The molecule has 1 atom stereocenters. The third kappa shape index (κ3) is 2.19. The molecule has 2 rings (SSSR count). The predicted octanol–water partition coefficient (Wildman–Crippen LogP) is 3.67. The van der Waals surface area contributed by atoms with Gasteiger partial charge in [-0.2, -0.15) is 0 Å². The van der Waals surface area contributed by atoms with Crippen molar-refractivity contribution in [2.24, 2.45) is 0 Å². The van der Waals surface area contributed by atoms with Crippen LogP contribution in [-0.2, 0) is 6.42 Å². The van der Waals surface area contributed by atoms with E-state index < -0.39 is 0 Å². The molecule has 0 aliphatic heterocycles. The van der Waals surface area contributed by atoms with Gasteiger partial charge in [0.25, 0.3) is 0 Å². The Labute approximate surface area is 89.3 Å². The first-order valence-corrected chi connectivity index (χ1v) is 5.13. The lowest BCUT2D eigenvalue weighted by Crippen LogP contribution is -1.96. The average Bonchev–Trinajstić information content (AvgIpc) is 2.68. The van der Waals surface area contributed by atoms with E-state index >= 15 is 0 Å². The average molecular weight is 199 g/mol. The second-order valence-electron chi connectivity index (χ2n) is 3.77. The van der Waals surface area contributed by atoms with Crippen molar-refractivity contribution in [1.29, 1.82) is 0 Å². The van der Waals surface area contributed by atoms with Crippen LogP contribution in [0.25, 0.3) is 15.8 Å². The monoisotopic (exact) mass is 199 g/mol. The molecule has 1 heterocycles. The highest BCUT2D eigenvalue weighted by Gasteiger charge is 2.08. The van der Waals surface area contributed by atoms with Crippen molar-refractivity contribution in [2.75, 3.05) is 0 Å². The highest BCUT2D eigenvalue weighted by atomic mass is 16.3. The Hall–Kier alpha value is -1.75. The number of rotatable bonds is 3. The Morgan fingerprint density at radius 1 is 1.40 bits per heavy atom. The summed E-state index contributed by atoms with van der Waals surface area (Å²) in [5.41, 5.74) is 0.933. The van der Waals surface area contributed by atoms with Crippen molar-refractivity contribution in [3.63, 3.8) is 0 Å². The van der Waals surface area contributed by atoms with E-state index in [9.17, 15) is 0 Å². The number of benzene rings is 1. The van der Waals surface area contributed by atoms with Crippen LogP contribution >= 0.6 is 0 Å². The number of furan rings is 1. The first-order chi connectivity index (χ1) is 7.29. The van der Waals surface area contributed by atoms with Gasteiger partial charge in [0.1, 0.15) is 11.3 Å². The van der Waals surface area contributed by atoms with Crippen molar-refractivity contribution in [3.8, 4) is 0 Å². The molecule has 76 valence electrons. The van der Waals surface area contributed by atoms with E-state index in [2.05, 4.69) is 10.9 Å². The molecule has 0 fully saturated rings. The number of nitrogens with zero attached hydrogens (tertiary/aromatic N) is 1. The summed E-state index contributed by atoms with van der Waals surface area (Å²) in [5, 5.41) is 1.14. The van der Waals surface area contributed by atoms with Crippen LogP contribution < -0.4 is 0 Å². The number of hydrogen-bond acceptors (Lipinski definition) is 1. The number of hydrogen-bond donors (Lipinski definition) is 0. The summed E-state index contributed by atoms with van der Waals surface area (Å²) in [6.45, 7) is 8.82. The van der Waals surface area contributed by atoms with Crippen LogP contribution in [0.3, 0.4) is 0 Å². The van der Waals surface area contributed by atoms with Crippen LogP contribution in [0.1, 0.15) is 19.1 Å². The second-order valence-corrected chi connectivity index (χ2v) is 3.77. The lowest BCUT2D eigenvalue weighted by atomic mass is 10.1. The molecule has 0 aliphatic carbocycles. The van der Waals surface area contributed by atoms with Gasteiger partial charge in [0.05, 0.1) is 0 Å². The van der Waals surface area contributed by atoms with E-state index in [1.807, 2.05) is 31.2 Å².